The summed E-state index contributed by atoms with van der Waals surface area (Å²) in [7, 11) is 0. The Morgan fingerprint density at radius 3 is 2.40 bits per heavy atom. The van der Waals surface area contributed by atoms with Crippen molar-refractivity contribution in [3.05, 3.63) is 34.6 Å². The van der Waals surface area contributed by atoms with Crippen molar-refractivity contribution in [2.24, 2.45) is 5.73 Å². The summed E-state index contributed by atoms with van der Waals surface area (Å²) in [4.78, 5) is 2.44. The molecule has 1 aromatic carbocycles. The van der Waals surface area contributed by atoms with Gasteiger partial charge in [-0.2, -0.15) is 0 Å². The quantitative estimate of drug-likeness (QED) is 0.909. The predicted molar refractivity (Wildman–Crippen MR) is 82.3 cm³/mol. The van der Waals surface area contributed by atoms with E-state index in [1.807, 2.05) is 19.9 Å². The maximum absolute atomic E-state index is 14.4. The van der Waals surface area contributed by atoms with Crippen LogP contribution in [-0.4, -0.2) is 23.5 Å². The van der Waals surface area contributed by atoms with Crippen LogP contribution in [-0.2, 0) is 0 Å². The second-order valence-electron chi connectivity index (χ2n) is 6.36. The van der Waals surface area contributed by atoms with Crippen LogP contribution in [0.1, 0.15) is 55.8 Å². The minimum absolute atomic E-state index is 0.158. The van der Waals surface area contributed by atoms with E-state index >= 15 is 0 Å². The molecule has 0 saturated carbocycles. The van der Waals surface area contributed by atoms with Crippen molar-refractivity contribution < 1.29 is 4.39 Å². The molecule has 2 nitrogen and oxygen atoms in total. The first-order valence-electron chi connectivity index (χ1n) is 7.67. The summed E-state index contributed by atoms with van der Waals surface area (Å²) < 4.78 is 14.4. The molecule has 20 heavy (non-hydrogen) atoms. The lowest BCUT2D eigenvalue weighted by Gasteiger charge is -2.43. The SMILES string of the molecule is CCC(C)(C(N)c1c(C)cc(C)cc1F)N1CCCC1. The summed E-state index contributed by atoms with van der Waals surface area (Å²) in [5.41, 5.74) is 8.97. The third-order valence-corrected chi connectivity index (χ3v) is 5.01. The standard InChI is InChI=1S/C17H27FN2/c1-5-17(4,20-8-6-7-9-20)16(19)15-13(3)10-12(2)11-14(15)18/h10-11,16H,5-9,19H2,1-4H3. The van der Waals surface area contributed by atoms with E-state index in [4.69, 9.17) is 5.73 Å². The van der Waals surface area contributed by atoms with Crippen LogP contribution in [0.25, 0.3) is 0 Å². The lowest BCUT2D eigenvalue weighted by molar-refractivity contribution is 0.0983. The number of nitrogens with two attached hydrogens (primary N) is 1. The van der Waals surface area contributed by atoms with Gasteiger partial charge < -0.3 is 5.73 Å². The van der Waals surface area contributed by atoms with Crippen LogP contribution in [0.2, 0.25) is 0 Å². The second-order valence-corrected chi connectivity index (χ2v) is 6.36. The molecule has 1 aliphatic heterocycles. The first-order valence-corrected chi connectivity index (χ1v) is 7.67. The van der Waals surface area contributed by atoms with Gasteiger partial charge in [-0.25, -0.2) is 4.39 Å². The van der Waals surface area contributed by atoms with E-state index in [1.54, 1.807) is 6.07 Å². The molecular weight excluding hydrogens is 251 g/mol. The third kappa shape index (κ3) is 2.61. The van der Waals surface area contributed by atoms with E-state index < -0.39 is 0 Å². The Hall–Kier alpha value is -0.930. The van der Waals surface area contributed by atoms with Gasteiger partial charge in [-0.3, -0.25) is 4.90 Å². The summed E-state index contributed by atoms with van der Waals surface area (Å²) in [6, 6.07) is 3.34. The number of hydrogen-bond donors (Lipinski definition) is 1. The molecule has 0 radical (unpaired) electrons. The van der Waals surface area contributed by atoms with E-state index in [0.29, 0.717) is 5.56 Å². The van der Waals surface area contributed by atoms with Crippen LogP contribution in [0.5, 0.6) is 0 Å². The normalized spacial score (nSPS) is 20.9. The van der Waals surface area contributed by atoms with Crippen molar-refractivity contribution in [1.29, 1.82) is 0 Å². The number of aryl methyl sites for hydroxylation is 2. The Balaban J connectivity index is 2.40. The van der Waals surface area contributed by atoms with Gasteiger partial charge >= 0.3 is 0 Å². The largest absolute Gasteiger partial charge is 0.322 e. The minimum Gasteiger partial charge on any atom is -0.322 e. The molecule has 1 aromatic rings. The molecule has 0 aliphatic carbocycles. The van der Waals surface area contributed by atoms with Crippen molar-refractivity contribution in [3.63, 3.8) is 0 Å². The minimum atomic E-state index is -0.286. The van der Waals surface area contributed by atoms with Crippen molar-refractivity contribution in [2.45, 2.75) is 58.5 Å². The maximum atomic E-state index is 14.4. The first kappa shape index (κ1) is 15.5. The van der Waals surface area contributed by atoms with Crippen LogP contribution in [0, 0.1) is 19.7 Å². The average molecular weight is 278 g/mol. The predicted octanol–water partition coefficient (Wildman–Crippen LogP) is 3.71. The summed E-state index contributed by atoms with van der Waals surface area (Å²) in [5, 5.41) is 0. The van der Waals surface area contributed by atoms with Crippen molar-refractivity contribution in [3.8, 4) is 0 Å². The maximum Gasteiger partial charge on any atom is 0.128 e. The van der Waals surface area contributed by atoms with Crippen LogP contribution >= 0.6 is 0 Å². The number of benzene rings is 1. The topological polar surface area (TPSA) is 29.3 Å². The summed E-state index contributed by atoms with van der Waals surface area (Å²) in [6.07, 6.45) is 3.37. The van der Waals surface area contributed by atoms with E-state index in [2.05, 4.69) is 18.7 Å². The van der Waals surface area contributed by atoms with Crippen LogP contribution < -0.4 is 5.73 Å². The van der Waals surface area contributed by atoms with Gasteiger partial charge in [-0.15, -0.1) is 0 Å². The Morgan fingerprint density at radius 2 is 1.90 bits per heavy atom. The lowest BCUT2D eigenvalue weighted by atomic mass is 9.81. The first-order chi connectivity index (χ1) is 9.40. The molecular formula is C17H27FN2. The fraction of sp³-hybridized carbons (Fsp3) is 0.647. The molecule has 1 aliphatic rings. The molecule has 0 bridgehead atoms. The molecule has 112 valence electrons. The van der Waals surface area contributed by atoms with Gasteiger partial charge in [0, 0.05) is 11.1 Å². The van der Waals surface area contributed by atoms with Crippen LogP contribution in [0.4, 0.5) is 4.39 Å². The van der Waals surface area contributed by atoms with Gasteiger partial charge in [-0.05, 0) is 70.3 Å². The lowest BCUT2D eigenvalue weighted by Crippen LogP contribution is -2.52. The number of hydrogen-bond acceptors (Lipinski definition) is 2. The fourth-order valence-corrected chi connectivity index (χ4v) is 3.50. The van der Waals surface area contributed by atoms with Gasteiger partial charge in [0.2, 0.25) is 0 Å². The molecule has 2 atom stereocenters. The van der Waals surface area contributed by atoms with E-state index in [0.717, 1.165) is 30.6 Å². The third-order valence-electron chi connectivity index (χ3n) is 5.01. The van der Waals surface area contributed by atoms with Gasteiger partial charge in [0.05, 0.1) is 6.04 Å². The number of likely N-dealkylation sites (tertiary alicyclic amines) is 1. The zero-order valence-electron chi connectivity index (χ0n) is 13.2. The van der Waals surface area contributed by atoms with Crippen LogP contribution in [0.3, 0.4) is 0 Å². The molecule has 0 aromatic heterocycles. The molecule has 0 amide bonds. The highest BCUT2D eigenvalue weighted by Crippen LogP contribution is 2.37. The zero-order chi connectivity index (χ0) is 14.9. The highest BCUT2D eigenvalue weighted by Gasteiger charge is 2.39. The number of nitrogens with zero attached hydrogens (tertiary/aromatic N) is 1. The Bertz CT molecular complexity index is 457. The zero-order valence-corrected chi connectivity index (χ0v) is 13.2. The molecule has 3 heteroatoms. The molecule has 2 rings (SSSR count). The molecule has 2 unspecified atom stereocenters. The average Bonchev–Trinajstić information content (AvgIpc) is 2.90. The Kier molecular flexibility index (Phi) is 4.50. The smallest absolute Gasteiger partial charge is 0.128 e. The summed E-state index contributed by atoms with van der Waals surface area (Å²) in [5.74, 6) is -0.158. The molecule has 1 fully saturated rings. The van der Waals surface area contributed by atoms with E-state index in [-0.39, 0.29) is 17.4 Å². The van der Waals surface area contributed by atoms with E-state index in [9.17, 15) is 4.39 Å². The van der Waals surface area contributed by atoms with Crippen molar-refractivity contribution in [2.75, 3.05) is 13.1 Å². The van der Waals surface area contributed by atoms with Gasteiger partial charge in [0.1, 0.15) is 5.82 Å². The highest BCUT2D eigenvalue weighted by molar-refractivity contribution is 5.36. The Labute approximate surface area is 122 Å². The summed E-state index contributed by atoms with van der Waals surface area (Å²) >= 11 is 0. The van der Waals surface area contributed by atoms with Crippen LogP contribution in [0.15, 0.2) is 12.1 Å². The molecule has 1 heterocycles. The monoisotopic (exact) mass is 278 g/mol. The van der Waals surface area contributed by atoms with Gasteiger partial charge in [0.15, 0.2) is 0 Å². The number of rotatable bonds is 4. The van der Waals surface area contributed by atoms with E-state index in [1.165, 1.54) is 12.8 Å². The van der Waals surface area contributed by atoms with Gasteiger partial charge in [0.25, 0.3) is 0 Å². The summed E-state index contributed by atoms with van der Waals surface area (Å²) in [6.45, 7) is 10.4. The van der Waals surface area contributed by atoms with Crippen molar-refractivity contribution >= 4 is 0 Å². The second kappa shape index (κ2) is 5.82. The fourth-order valence-electron chi connectivity index (χ4n) is 3.50. The van der Waals surface area contributed by atoms with Crippen molar-refractivity contribution in [1.82, 2.24) is 4.90 Å². The Morgan fingerprint density at radius 1 is 1.30 bits per heavy atom. The van der Waals surface area contributed by atoms with Gasteiger partial charge in [-0.1, -0.05) is 13.0 Å². The molecule has 0 spiro atoms. The molecule has 2 N–H and O–H groups in total. The highest BCUT2D eigenvalue weighted by atomic mass is 19.1. The number of halogens is 1. The molecule has 1 saturated heterocycles.